The summed E-state index contributed by atoms with van der Waals surface area (Å²) in [4.78, 5) is 19.9. The molecule has 26 heavy (non-hydrogen) atoms. The van der Waals surface area contributed by atoms with Gasteiger partial charge < -0.3 is 16.8 Å². The number of halogens is 1. The maximum Gasteiger partial charge on any atom is 0.255 e. The molecule has 138 valence electrons. The number of nitrogens with one attached hydrogen (secondary N) is 3. The van der Waals surface area contributed by atoms with Crippen molar-refractivity contribution in [2.45, 2.75) is 0 Å². The molecule has 11 heteroatoms. The molecule has 0 heterocycles. The van der Waals surface area contributed by atoms with Crippen LogP contribution in [0.1, 0.15) is 10.4 Å². The molecule has 0 atom stereocenters. The van der Waals surface area contributed by atoms with Gasteiger partial charge in [-0.3, -0.25) is 15.2 Å². The molecule has 2 rings (SSSR count). The number of hydrogen-bond donors (Lipinski definition) is 7. The standard InChI is InChI=1S/C15H17N7O3.ClH/c16-14(21-24)19-11-3-1-9(2-4-11)13(23)18-10-5-7-12(8-6-10)20-15(17)22-25;/h1-8,24-25H,(H,18,23)(H3,16,19,21)(H3,17,20,22);1H. The molecule has 0 unspecified atom stereocenters. The van der Waals surface area contributed by atoms with Crippen LogP contribution in [0.5, 0.6) is 0 Å². The van der Waals surface area contributed by atoms with E-state index in [1.807, 2.05) is 0 Å². The van der Waals surface area contributed by atoms with E-state index in [1.165, 1.54) is 0 Å². The number of hydrogen-bond acceptors (Lipinski definition) is 5. The molecule has 10 nitrogen and oxygen atoms in total. The van der Waals surface area contributed by atoms with Crippen molar-refractivity contribution in [2.24, 2.45) is 21.5 Å². The number of anilines is 1. The summed E-state index contributed by atoms with van der Waals surface area (Å²) in [6.45, 7) is 0. The van der Waals surface area contributed by atoms with E-state index < -0.39 is 0 Å². The molecule has 0 radical (unpaired) electrons. The Labute approximate surface area is 155 Å². The lowest BCUT2D eigenvalue weighted by Gasteiger charge is -2.06. The number of guanidine groups is 2. The highest BCUT2D eigenvalue weighted by Gasteiger charge is 2.06. The third-order valence-electron chi connectivity index (χ3n) is 2.98. The average Bonchev–Trinajstić information content (AvgIpc) is 2.63. The third-order valence-corrected chi connectivity index (χ3v) is 2.98. The largest absolute Gasteiger partial charge is 0.368 e. The minimum Gasteiger partial charge on any atom is -0.368 e. The van der Waals surface area contributed by atoms with E-state index in [2.05, 4.69) is 15.3 Å². The van der Waals surface area contributed by atoms with Crippen LogP contribution in [0.4, 0.5) is 17.1 Å². The Bertz CT molecular complexity index is 792. The van der Waals surface area contributed by atoms with Crippen LogP contribution in [-0.4, -0.2) is 28.2 Å². The van der Waals surface area contributed by atoms with Crippen LogP contribution >= 0.6 is 12.4 Å². The molecule has 0 spiro atoms. The summed E-state index contributed by atoms with van der Waals surface area (Å²) in [6, 6.07) is 12.9. The van der Waals surface area contributed by atoms with Crippen molar-refractivity contribution in [3.63, 3.8) is 0 Å². The molecule has 0 aromatic heterocycles. The van der Waals surface area contributed by atoms with Gasteiger partial charge in [-0.2, -0.15) is 0 Å². The van der Waals surface area contributed by atoms with Gasteiger partial charge in [-0.25, -0.2) is 20.9 Å². The lowest BCUT2D eigenvalue weighted by Crippen LogP contribution is -2.27. The van der Waals surface area contributed by atoms with Crippen molar-refractivity contribution in [3.05, 3.63) is 54.1 Å². The summed E-state index contributed by atoms with van der Waals surface area (Å²) in [5.74, 6) is -0.606. The number of carbonyl (C=O) groups is 1. The Kier molecular flexibility index (Phi) is 7.83. The fraction of sp³-hybridized carbons (Fsp3) is 0. The molecule has 0 fully saturated rings. The van der Waals surface area contributed by atoms with Gasteiger partial charge in [0.25, 0.3) is 5.91 Å². The molecular weight excluding hydrogens is 362 g/mol. The van der Waals surface area contributed by atoms with Crippen LogP contribution in [-0.2, 0) is 0 Å². The second-order valence-corrected chi connectivity index (χ2v) is 4.77. The Morgan fingerprint density at radius 3 is 1.65 bits per heavy atom. The fourth-order valence-electron chi connectivity index (χ4n) is 1.84. The zero-order valence-corrected chi connectivity index (χ0v) is 14.2. The number of aliphatic imine (C=N–C) groups is 2. The molecule has 1 amide bonds. The van der Waals surface area contributed by atoms with Crippen LogP contribution < -0.4 is 27.7 Å². The SMILES string of the molecule is Cl.NC(=Nc1ccc(NC(=O)c2ccc(N=C(N)NO)cc2)cc1)NO. The van der Waals surface area contributed by atoms with Gasteiger partial charge >= 0.3 is 0 Å². The predicted molar refractivity (Wildman–Crippen MR) is 100 cm³/mol. The Hall–Kier alpha value is -3.34. The van der Waals surface area contributed by atoms with Crippen molar-refractivity contribution < 1.29 is 15.2 Å². The molecule has 0 aliphatic carbocycles. The van der Waals surface area contributed by atoms with Gasteiger partial charge in [0.05, 0.1) is 11.4 Å². The molecular formula is C15H18ClN7O3. The first-order valence-corrected chi connectivity index (χ1v) is 7.02. The lowest BCUT2D eigenvalue weighted by atomic mass is 10.2. The second kappa shape index (κ2) is 9.84. The molecule has 2 aromatic rings. The quantitative estimate of drug-likeness (QED) is 0.237. The highest BCUT2D eigenvalue weighted by Crippen LogP contribution is 2.18. The molecule has 0 aliphatic rings. The van der Waals surface area contributed by atoms with Crippen LogP contribution in [0.25, 0.3) is 0 Å². The zero-order valence-electron chi connectivity index (χ0n) is 13.4. The number of amides is 1. The van der Waals surface area contributed by atoms with E-state index in [1.54, 1.807) is 59.5 Å². The summed E-state index contributed by atoms with van der Waals surface area (Å²) >= 11 is 0. The average molecular weight is 380 g/mol. The number of nitrogens with two attached hydrogens (primary N) is 2. The van der Waals surface area contributed by atoms with Gasteiger partial charge in [0.2, 0.25) is 11.9 Å². The normalized spacial score (nSPS) is 11.3. The summed E-state index contributed by atoms with van der Waals surface area (Å²) in [5, 5.41) is 19.9. The number of hydroxylamine groups is 2. The van der Waals surface area contributed by atoms with Crippen LogP contribution in [0.2, 0.25) is 0 Å². The monoisotopic (exact) mass is 379 g/mol. The van der Waals surface area contributed by atoms with Crippen LogP contribution in [0.3, 0.4) is 0 Å². The van der Waals surface area contributed by atoms with E-state index in [4.69, 9.17) is 21.9 Å². The minimum absolute atomic E-state index is 0. The Morgan fingerprint density at radius 2 is 1.23 bits per heavy atom. The topological polar surface area (TPSA) is 170 Å². The number of carbonyl (C=O) groups excluding carboxylic acids is 1. The summed E-state index contributed by atoms with van der Waals surface area (Å²) in [6.07, 6.45) is 0. The van der Waals surface area contributed by atoms with Crippen molar-refractivity contribution in [2.75, 3.05) is 5.32 Å². The van der Waals surface area contributed by atoms with Crippen molar-refractivity contribution in [3.8, 4) is 0 Å². The summed E-state index contributed by atoms with van der Waals surface area (Å²) < 4.78 is 0. The van der Waals surface area contributed by atoms with Crippen molar-refractivity contribution in [1.82, 2.24) is 11.0 Å². The minimum atomic E-state index is -0.309. The smallest absolute Gasteiger partial charge is 0.255 e. The van der Waals surface area contributed by atoms with E-state index in [9.17, 15) is 4.79 Å². The van der Waals surface area contributed by atoms with Gasteiger partial charge in [-0.05, 0) is 48.5 Å². The summed E-state index contributed by atoms with van der Waals surface area (Å²) in [5.41, 5.74) is 16.1. The molecule has 0 saturated heterocycles. The van der Waals surface area contributed by atoms with Gasteiger partial charge in [0.1, 0.15) is 0 Å². The molecule has 9 N–H and O–H groups in total. The highest BCUT2D eigenvalue weighted by molar-refractivity contribution is 6.04. The number of benzene rings is 2. The zero-order chi connectivity index (χ0) is 18.2. The highest BCUT2D eigenvalue weighted by atomic mass is 35.5. The maximum absolute atomic E-state index is 12.2. The van der Waals surface area contributed by atoms with E-state index >= 15 is 0 Å². The van der Waals surface area contributed by atoms with E-state index in [0.29, 0.717) is 22.6 Å². The number of rotatable bonds is 4. The van der Waals surface area contributed by atoms with Crippen molar-refractivity contribution >= 4 is 47.3 Å². The van der Waals surface area contributed by atoms with Gasteiger partial charge in [0, 0.05) is 11.3 Å². The van der Waals surface area contributed by atoms with Gasteiger partial charge in [-0.1, -0.05) is 0 Å². The molecule has 0 saturated carbocycles. The van der Waals surface area contributed by atoms with E-state index in [0.717, 1.165) is 0 Å². The van der Waals surface area contributed by atoms with Gasteiger partial charge in [0.15, 0.2) is 0 Å². The molecule has 0 bridgehead atoms. The summed E-state index contributed by atoms with van der Waals surface area (Å²) in [7, 11) is 0. The van der Waals surface area contributed by atoms with Crippen LogP contribution in [0, 0.1) is 0 Å². The predicted octanol–water partition coefficient (Wildman–Crippen LogP) is 1.21. The first-order valence-electron chi connectivity index (χ1n) is 7.02. The number of nitrogens with zero attached hydrogens (tertiary/aromatic N) is 2. The van der Waals surface area contributed by atoms with Crippen molar-refractivity contribution in [1.29, 1.82) is 0 Å². The lowest BCUT2D eigenvalue weighted by molar-refractivity contribution is 0.102. The first-order chi connectivity index (χ1) is 12.0. The first kappa shape index (κ1) is 20.7. The molecule has 0 aliphatic heterocycles. The third kappa shape index (κ3) is 5.94. The van der Waals surface area contributed by atoms with E-state index in [-0.39, 0.29) is 30.2 Å². The fourth-order valence-corrected chi connectivity index (χ4v) is 1.84. The second-order valence-electron chi connectivity index (χ2n) is 4.77. The Morgan fingerprint density at radius 1 is 0.808 bits per heavy atom. The molecule has 2 aromatic carbocycles. The maximum atomic E-state index is 12.2. The Balaban J connectivity index is 0.00000338. The van der Waals surface area contributed by atoms with Crippen LogP contribution in [0.15, 0.2) is 58.5 Å². The van der Waals surface area contributed by atoms with Gasteiger partial charge in [-0.15, -0.1) is 12.4 Å².